The number of amides is 4. The van der Waals surface area contributed by atoms with Gasteiger partial charge in [-0.15, -0.1) is 0 Å². The molecule has 0 saturated carbocycles. The molecule has 4 amide bonds. The van der Waals surface area contributed by atoms with Crippen molar-refractivity contribution in [2.75, 3.05) is 55.1 Å². The van der Waals surface area contributed by atoms with Crippen LogP contribution in [0, 0.1) is 23.5 Å². The topological polar surface area (TPSA) is 167 Å². The highest BCUT2D eigenvalue weighted by molar-refractivity contribution is 6.00. The fraction of sp³-hybridized carbons (Fsp3) is 0.711. The van der Waals surface area contributed by atoms with Crippen LogP contribution < -0.4 is 16.0 Å². The number of aliphatic hydroxyl groups is 1. The third kappa shape index (κ3) is 15.0. The molecule has 15 heteroatoms. The summed E-state index contributed by atoms with van der Waals surface area (Å²) in [5, 5.41) is 15.1. The Hall–Kier alpha value is -3.53. The van der Waals surface area contributed by atoms with Crippen LogP contribution in [0.4, 0.5) is 8.78 Å². The molecule has 0 aromatic heterocycles. The smallest absolute Gasteiger partial charge is 0.242 e. The minimum absolute atomic E-state index is 0.0312. The third-order valence-electron chi connectivity index (χ3n) is 9.10. The number of carbonyl (C=O) groups is 5. The number of ether oxygens (including phenoxy) is 2. The van der Waals surface area contributed by atoms with Gasteiger partial charge in [-0.25, -0.2) is 8.78 Å². The number of nitrogens with zero attached hydrogens (tertiary/aromatic N) is 2. The first-order valence-electron chi connectivity index (χ1n) is 18.4. The van der Waals surface area contributed by atoms with Gasteiger partial charge in [0.1, 0.15) is 11.6 Å². The summed E-state index contributed by atoms with van der Waals surface area (Å²) in [7, 11) is 7.24. The summed E-state index contributed by atoms with van der Waals surface area (Å²) >= 11 is 0. The van der Waals surface area contributed by atoms with Gasteiger partial charge in [-0.3, -0.25) is 24.0 Å². The number of nitrogens with one attached hydrogen (secondary N) is 3. The molecule has 1 aromatic carbocycles. The fourth-order valence-electron chi connectivity index (χ4n) is 6.41. The molecule has 6 unspecified atom stereocenters. The predicted octanol–water partition coefficient (Wildman–Crippen LogP) is 3.32. The molecule has 1 fully saturated rings. The maximum Gasteiger partial charge on any atom is 0.242 e. The van der Waals surface area contributed by atoms with Gasteiger partial charge in [0.05, 0.1) is 61.3 Å². The SMILES string of the molecule is CCC.CCCC(C(CC(=O)N1CCCC1C(OC)C(C)C(=O)NCC(=O)c1c(F)cccc1F)OC)N(C)C(=O)CNC(=O)C(NC)C(C)C.CO. The number of benzene rings is 1. The van der Waals surface area contributed by atoms with Crippen LogP contribution in [0.3, 0.4) is 0 Å². The van der Waals surface area contributed by atoms with E-state index in [4.69, 9.17) is 14.6 Å². The molecule has 6 atom stereocenters. The van der Waals surface area contributed by atoms with Gasteiger partial charge in [0.25, 0.3) is 0 Å². The molecule has 1 heterocycles. The first kappa shape index (κ1) is 49.5. The van der Waals surface area contributed by atoms with Crippen LogP contribution in [0.2, 0.25) is 0 Å². The number of hydrogen-bond donors (Lipinski definition) is 4. The number of ketones is 1. The lowest BCUT2D eigenvalue weighted by Crippen LogP contribution is -2.53. The van der Waals surface area contributed by atoms with Crippen LogP contribution in [0.25, 0.3) is 0 Å². The second-order valence-electron chi connectivity index (χ2n) is 13.3. The number of hydrogen-bond acceptors (Lipinski definition) is 9. The normalized spacial score (nSPS) is 16.5. The molecule has 0 spiro atoms. The molecule has 53 heavy (non-hydrogen) atoms. The monoisotopic (exact) mass is 757 g/mol. The van der Waals surface area contributed by atoms with Crippen LogP contribution in [-0.4, -0.2) is 130 Å². The van der Waals surface area contributed by atoms with Crippen LogP contribution in [0.1, 0.15) is 90.4 Å². The summed E-state index contributed by atoms with van der Waals surface area (Å²) in [5.74, 6) is -5.10. The number of likely N-dealkylation sites (tertiary alicyclic amines) is 1. The van der Waals surface area contributed by atoms with Crippen molar-refractivity contribution in [1.29, 1.82) is 0 Å². The highest BCUT2D eigenvalue weighted by Gasteiger charge is 2.41. The van der Waals surface area contributed by atoms with Gasteiger partial charge < -0.3 is 40.3 Å². The van der Waals surface area contributed by atoms with E-state index in [1.807, 2.05) is 20.8 Å². The van der Waals surface area contributed by atoms with Crippen molar-refractivity contribution in [3.05, 3.63) is 35.4 Å². The molecule has 2 rings (SSSR count). The molecule has 1 aromatic rings. The summed E-state index contributed by atoms with van der Waals surface area (Å²) in [4.78, 5) is 68.2. The Morgan fingerprint density at radius 2 is 1.53 bits per heavy atom. The Morgan fingerprint density at radius 3 is 2.02 bits per heavy atom. The zero-order chi connectivity index (χ0) is 40.8. The van der Waals surface area contributed by atoms with Crippen LogP contribution >= 0.6 is 0 Å². The minimum atomic E-state index is -1.01. The average molecular weight is 758 g/mol. The maximum atomic E-state index is 14.0. The average Bonchev–Trinajstić information content (AvgIpc) is 3.62. The van der Waals surface area contributed by atoms with E-state index in [1.54, 1.807) is 25.9 Å². The number of likely N-dealkylation sites (N-methyl/N-ethyl adjacent to an activating group) is 2. The van der Waals surface area contributed by atoms with Gasteiger partial charge in [-0.2, -0.15) is 0 Å². The van der Waals surface area contributed by atoms with E-state index in [0.29, 0.717) is 32.2 Å². The van der Waals surface area contributed by atoms with Crippen LogP contribution in [-0.2, 0) is 28.7 Å². The summed E-state index contributed by atoms with van der Waals surface area (Å²) in [6, 6.07) is 1.74. The number of aliphatic hydroxyl groups excluding tert-OH is 1. The van der Waals surface area contributed by atoms with Crippen molar-refractivity contribution in [2.24, 2.45) is 11.8 Å². The highest BCUT2D eigenvalue weighted by atomic mass is 19.1. The lowest BCUT2D eigenvalue weighted by atomic mass is 9.94. The second-order valence-corrected chi connectivity index (χ2v) is 13.3. The van der Waals surface area contributed by atoms with Crippen molar-refractivity contribution in [3.63, 3.8) is 0 Å². The van der Waals surface area contributed by atoms with Gasteiger partial charge in [-0.05, 0) is 44.4 Å². The molecule has 4 N–H and O–H groups in total. The molecule has 1 aliphatic rings. The molecule has 304 valence electrons. The molecular formula is C38H65F2N5O8. The Morgan fingerprint density at radius 1 is 0.962 bits per heavy atom. The Bertz CT molecular complexity index is 1270. The highest BCUT2D eigenvalue weighted by Crippen LogP contribution is 2.28. The van der Waals surface area contributed by atoms with Crippen molar-refractivity contribution in [2.45, 2.75) is 110 Å². The second kappa shape index (κ2) is 26.3. The van der Waals surface area contributed by atoms with Gasteiger partial charge >= 0.3 is 0 Å². The number of halogens is 2. The lowest BCUT2D eigenvalue weighted by molar-refractivity contribution is -0.144. The molecule has 0 bridgehead atoms. The molecular weight excluding hydrogens is 692 g/mol. The summed E-state index contributed by atoms with van der Waals surface area (Å²) in [6.45, 7) is 11.3. The zero-order valence-electron chi connectivity index (χ0n) is 33.6. The molecule has 1 aliphatic heterocycles. The Labute approximate surface area is 314 Å². The van der Waals surface area contributed by atoms with Crippen LogP contribution in [0.5, 0.6) is 0 Å². The van der Waals surface area contributed by atoms with E-state index in [1.165, 1.54) is 25.5 Å². The molecule has 0 aliphatic carbocycles. The predicted molar refractivity (Wildman–Crippen MR) is 200 cm³/mol. The van der Waals surface area contributed by atoms with Crippen molar-refractivity contribution >= 4 is 29.4 Å². The lowest BCUT2D eigenvalue weighted by Gasteiger charge is -2.37. The number of Topliss-reactive ketones (excluding diaryl/α,β-unsaturated/α-hetero) is 1. The van der Waals surface area contributed by atoms with Crippen molar-refractivity contribution in [1.82, 2.24) is 25.8 Å². The van der Waals surface area contributed by atoms with E-state index in [9.17, 15) is 32.8 Å². The van der Waals surface area contributed by atoms with Gasteiger partial charge in [0, 0.05) is 34.9 Å². The first-order chi connectivity index (χ1) is 25.1. The molecule has 1 saturated heterocycles. The summed E-state index contributed by atoms with van der Waals surface area (Å²) in [6.07, 6.45) is 2.36. The van der Waals surface area contributed by atoms with E-state index < -0.39 is 71.7 Å². The number of methoxy groups -OCH3 is 2. The minimum Gasteiger partial charge on any atom is -0.400 e. The Kier molecular flexibility index (Phi) is 24.5. The van der Waals surface area contributed by atoms with Gasteiger partial charge in [0.2, 0.25) is 23.6 Å². The quantitative estimate of drug-likeness (QED) is 0.155. The van der Waals surface area contributed by atoms with Crippen molar-refractivity contribution < 1.29 is 47.3 Å². The van der Waals surface area contributed by atoms with E-state index in [0.717, 1.165) is 25.3 Å². The Balaban J connectivity index is 0.00000513. The summed E-state index contributed by atoms with van der Waals surface area (Å²) in [5.41, 5.74) is -0.721. The van der Waals surface area contributed by atoms with Crippen molar-refractivity contribution in [3.8, 4) is 0 Å². The molecule has 13 nitrogen and oxygen atoms in total. The number of rotatable bonds is 19. The zero-order valence-corrected chi connectivity index (χ0v) is 33.6. The summed E-state index contributed by atoms with van der Waals surface area (Å²) < 4.78 is 39.6. The molecule has 0 radical (unpaired) electrons. The fourth-order valence-corrected chi connectivity index (χ4v) is 6.41. The standard InChI is InChI=1S/C34H53F2N5O7.C3H8.CH4O/c1-9-12-24(40(6)29(44)19-39-34(46)31(37-5)20(2)3)27(47-7)17-28(43)41-16-11-15-25(41)32(48-8)21(4)33(45)38-18-26(42)30-22(35)13-10-14-23(30)36;1-3-2;1-2/h10,13-14,20-21,24-25,27,31-32,37H,9,11-12,15-19H2,1-8H3,(H,38,45)(H,39,46);3H2,1-2H3;2H,1H3. The van der Waals surface area contributed by atoms with Crippen LogP contribution in [0.15, 0.2) is 18.2 Å². The maximum absolute atomic E-state index is 14.0. The van der Waals surface area contributed by atoms with Gasteiger partial charge in [-0.1, -0.05) is 60.5 Å². The third-order valence-corrected chi connectivity index (χ3v) is 9.10. The first-order valence-corrected chi connectivity index (χ1v) is 18.4. The number of carbonyl (C=O) groups excluding carboxylic acids is 5. The van der Waals surface area contributed by atoms with E-state index in [-0.39, 0.29) is 36.6 Å². The van der Waals surface area contributed by atoms with Gasteiger partial charge in [0.15, 0.2) is 5.78 Å². The van der Waals surface area contributed by atoms with E-state index in [2.05, 4.69) is 29.8 Å². The largest absolute Gasteiger partial charge is 0.400 e. The van der Waals surface area contributed by atoms with E-state index >= 15 is 0 Å².